The Hall–Kier alpha value is -5.62. The lowest BCUT2D eigenvalue weighted by Gasteiger charge is -2.23. The summed E-state index contributed by atoms with van der Waals surface area (Å²) in [7, 11) is 0. The summed E-state index contributed by atoms with van der Waals surface area (Å²) in [6.45, 7) is 10.7. The summed E-state index contributed by atoms with van der Waals surface area (Å²) in [6.07, 6.45) is 1.30. The van der Waals surface area contributed by atoms with Crippen molar-refractivity contribution >= 4 is 5.97 Å². The number of rotatable bonds is 12. The Balaban J connectivity index is 1.43. The fourth-order valence-electron chi connectivity index (χ4n) is 5.87. The summed E-state index contributed by atoms with van der Waals surface area (Å²) in [6, 6.07) is 26.0. The molecule has 50 heavy (non-hydrogen) atoms. The van der Waals surface area contributed by atoms with E-state index in [4.69, 9.17) is 23.7 Å². The maximum Gasteiger partial charge on any atom is 0.519 e. The zero-order valence-corrected chi connectivity index (χ0v) is 29.0. The molecule has 0 aliphatic rings. The first kappa shape index (κ1) is 34.3. The van der Waals surface area contributed by atoms with Crippen LogP contribution in [-0.2, 0) is 35.4 Å². The number of aryl methyl sites for hydroxylation is 2. The molecule has 12 nitrogen and oxygen atoms in total. The molecule has 0 radical (unpaired) electrons. The number of tetrazole rings is 1. The van der Waals surface area contributed by atoms with Gasteiger partial charge >= 0.3 is 11.8 Å². The van der Waals surface area contributed by atoms with Gasteiger partial charge in [-0.25, -0.2) is 14.6 Å². The lowest BCUT2D eigenvalue weighted by atomic mass is 9.95. The molecule has 0 atom stereocenters. The smallest absolute Gasteiger partial charge is 0.453 e. The molecule has 3 heterocycles. The maximum atomic E-state index is 13.8. The summed E-state index contributed by atoms with van der Waals surface area (Å²) >= 11 is 0. The van der Waals surface area contributed by atoms with Crippen molar-refractivity contribution in [3.05, 3.63) is 129 Å². The van der Waals surface area contributed by atoms with Gasteiger partial charge in [-0.2, -0.15) is 4.80 Å². The number of nitrogens with zero attached hydrogens (tertiary/aromatic N) is 6. The van der Waals surface area contributed by atoms with Crippen LogP contribution in [0.3, 0.4) is 0 Å². The van der Waals surface area contributed by atoms with Gasteiger partial charge in [0.1, 0.15) is 22.7 Å². The fourth-order valence-corrected chi connectivity index (χ4v) is 5.87. The Morgan fingerprint density at radius 1 is 0.940 bits per heavy atom. The molecular weight excluding hydrogens is 636 g/mol. The highest BCUT2D eigenvalue weighted by molar-refractivity contribution is 5.89. The Morgan fingerprint density at radius 2 is 1.64 bits per heavy atom. The largest absolute Gasteiger partial charge is 0.519 e. The molecule has 6 aromatic rings. The van der Waals surface area contributed by atoms with Crippen LogP contribution in [0.5, 0.6) is 0 Å². The summed E-state index contributed by atoms with van der Waals surface area (Å²) in [5, 5.41) is 25.0. The van der Waals surface area contributed by atoms with Gasteiger partial charge in [-0.15, -0.1) is 10.2 Å². The number of benzene rings is 3. The number of carbonyl (C=O) groups is 1. The molecule has 3 aromatic carbocycles. The second-order valence-corrected chi connectivity index (χ2v) is 13.2. The third kappa shape index (κ3) is 6.92. The first-order chi connectivity index (χ1) is 23.9. The maximum absolute atomic E-state index is 13.8. The van der Waals surface area contributed by atoms with Crippen molar-refractivity contribution in [1.29, 1.82) is 0 Å². The molecular formula is C38H40N6O6. The standard InChI is InChI=1S/C38H40N6O6/c1-7-14-31-39-33(38(5,6)47)32(35(45)48-23-30-24(2)49-36(46)50-30)43(31)22-25-19-20-28(26-15-10-8-11-16-26)29(21-25)34-40-42-44(41-34)37(3,4)27-17-12-9-13-18-27/h8-13,15-21,47H,7,14,22-23H2,1-6H3. The number of imidazole rings is 1. The van der Waals surface area contributed by atoms with E-state index in [9.17, 15) is 14.7 Å². The fraction of sp³-hybridized carbons (Fsp3) is 0.316. The van der Waals surface area contributed by atoms with Crippen LogP contribution >= 0.6 is 0 Å². The molecule has 258 valence electrons. The number of aliphatic hydroxyl groups is 1. The highest BCUT2D eigenvalue weighted by Gasteiger charge is 2.33. The molecule has 0 bridgehead atoms. The van der Waals surface area contributed by atoms with Crippen molar-refractivity contribution in [3.63, 3.8) is 0 Å². The van der Waals surface area contributed by atoms with Crippen LogP contribution in [0.25, 0.3) is 22.5 Å². The zero-order chi connectivity index (χ0) is 35.6. The predicted octanol–water partition coefficient (Wildman–Crippen LogP) is 6.43. The number of carbonyl (C=O) groups excluding carboxylic acids is 1. The van der Waals surface area contributed by atoms with Crippen molar-refractivity contribution in [2.75, 3.05) is 0 Å². The van der Waals surface area contributed by atoms with Crippen molar-refractivity contribution in [1.82, 2.24) is 29.8 Å². The van der Waals surface area contributed by atoms with Crippen molar-refractivity contribution < 1.29 is 23.5 Å². The summed E-state index contributed by atoms with van der Waals surface area (Å²) in [5.41, 5.74) is 2.80. The Bertz CT molecular complexity index is 2170. The van der Waals surface area contributed by atoms with Crippen LogP contribution in [-0.4, -0.2) is 40.8 Å². The highest BCUT2D eigenvalue weighted by Crippen LogP contribution is 2.34. The third-order valence-electron chi connectivity index (χ3n) is 8.61. The Kier molecular flexibility index (Phi) is 9.39. The van der Waals surface area contributed by atoms with Gasteiger partial charge in [0.15, 0.2) is 23.8 Å². The van der Waals surface area contributed by atoms with Gasteiger partial charge < -0.3 is 23.2 Å². The number of esters is 1. The minimum atomic E-state index is -1.46. The molecule has 1 N–H and O–H groups in total. The first-order valence-electron chi connectivity index (χ1n) is 16.5. The molecule has 0 aliphatic heterocycles. The van der Waals surface area contributed by atoms with E-state index >= 15 is 0 Å². The van der Waals surface area contributed by atoms with E-state index in [2.05, 4.69) is 10.3 Å². The molecule has 0 saturated carbocycles. The molecule has 0 fully saturated rings. The predicted molar refractivity (Wildman–Crippen MR) is 185 cm³/mol. The average Bonchev–Trinajstić information content (AvgIpc) is 3.82. The molecule has 0 saturated heterocycles. The Labute approximate surface area is 289 Å². The average molecular weight is 677 g/mol. The number of hydrogen-bond acceptors (Lipinski definition) is 10. The third-order valence-corrected chi connectivity index (χ3v) is 8.61. The van der Waals surface area contributed by atoms with Crippen LogP contribution in [0, 0.1) is 6.92 Å². The molecule has 6 rings (SSSR count). The van der Waals surface area contributed by atoms with Gasteiger partial charge in [0.2, 0.25) is 5.82 Å². The zero-order valence-electron chi connectivity index (χ0n) is 29.0. The van der Waals surface area contributed by atoms with Gasteiger partial charge in [-0.05, 0) is 74.6 Å². The molecule has 0 unspecified atom stereocenters. The lowest BCUT2D eigenvalue weighted by Crippen LogP contribution is -2.30. The lowest BCUT2D eigenvalue weighted by molar-refractivity contribution is 0.0395. The topological polar surface area (TPSA) is 151 Å². The minimum Gasteiger partial charge on any atom is -0.453 e. The normalized spacial score (nSPS) is 12.0. The van der Waals surface area contributed by atoms with E-state index in [0.29, 0.717) is 18.1 Å². The number of ether oxygens (including phenoxy) is 1. The van der Waals surface area contributed by atoms with Gasteiger partial charge in [0.25, 0.3) is 0 Å². The van der Waals surface area contributed by atoms with Gasteiger partial charge in [-0.3, -0.25) is 0 Å². The van der Waals surface area contributed by atoms with E-state index in [1.165, 1.54) is 0 Å². The Morgan fingerprint density at radius 3 is 2.28 bits per heavy atom. The summed E-state index contributed by atoms with van der Waals surface area (Å²) in [4.78, 5) is 31.7. The second-order valence-electron chi connectivity index (χ2n) is 13.2. The minimum absolute atomic E-state index is 0.102. The summed E-state index contributed by atoms with van der Waals surface area (Å²) in [5.74, 6) is -0.226. The van der Waals surface area contributed by atoms with Crippen LogP contribution < -0.4 is 5.82 Å². The van der Waals surface area contributed by atoms with Crippen LogP contribution in [0.15, 0.2) is 92.5 Å². The van der Waals surface area contributed by atoms with E-state index in [1.807, 2.05) is 99.6 Å². The van der Waals surface area contributed by atoms with Gasteiger partial charge in [-0.1, -0.05) is 79.7 Å². The first-order valence-corrected chi connectivity index (χ1v) is 16.5. The van der Waals surface area contributed by atoms with E-state index < -0.39 is 22.9 Å². The van der Waals surface area contributed by atoms with Gasteiger partial charge in [0, 0.05) is 18.5 Å². The van der Waals surface area contributed by atoms with Crippen LogP contribution in [0.2, 0.25) is 0 Å². The van der Waals surface area contributed by atoms with E-state index in [-0.39, 0.29) is 36.1 Å². The molecule has 0 spiro atoms. The second kappa shape index (κ2) is 13.7. The molecule has 3 aromatic heterocycles. The quantitative estimate of drug-likeness (QED) is 0.144. The molecule has 0 amide bonds. The number of hydrogen-bond donors (Lipinski definition) is 1. The van der Waals surface area contributed by atoms with E-state index in [1.54, 1.807) is 30.1 Å². The monoisotopic (exact) mass is 676 g/mol. The van der Waals surface area contributed by atoms with Crippen molar-refractivity contribution in [2.45, 2.75) is 78.7 Å². The molecule has 0 aliphatic carbocycles. The number of aromatic nitrogens is 6. The van der Waals surface area contributed by atoms with Gasteiger partial charge in [0.05, 0.1) is 0 Å². The highest BCUT2D eigenvalue weighted by atomic mass is 16.6. The molecule has 12 heteroatoms. The van der Waals surface area contributed by atoms with Crippen molar-refractivity contribution in [3.8, 4) is 22.5 Å². The van der Waals surface area contributed by atoms with Crippen molar-refractivity contribution in [2.24, 2.45) is 0 Å². The van der Waals surface area contributed by atoms with Crippen LogP contribution in [0.1, 0.15) is 85.7 Å². The summed E-state index contributed by atoms with van der Waals surface area (Å²) < 4.78 is 17.3. The van der Waals surface area contributed by atoms with E-state index in [0.717, 1.165) is 34.2 Å². The SMILES string of the molecule is CCCc1nc(C(C)(C)O)c(C(=O)OCc2oc(=O)oc2C)n1Cc1ccc(-c2ccccc2)c(-c2nnn(C(C)(C)c3ccccc3)n2)c1. The van der Waals surface area contributed by atoms with Crippen LogP contribution in [0.4, 0.5) is 0 Å².